The van der Waals surface area contributed by atoms with E-state index in [1.54, 1.807) is 10.9 Å². The van der Waals surface area contributed by atoms with Crippen molar-refractivity contribution in [3.8, 4) is 0 Å². The molecule has 0 spiro atoms. The van der Waals surface area contributed by atoms with Crippen LogP contribution in [0.3, 0.4) is 0 Å². The van der Waals surface area contributed by atoms with Crippen LogP contribution in [0.1, 0.15) is 19.6 Å². The van der Waals surface area contributed by atoms with Gasteiger partial charge in [-0.3, -0.25) is 4.57 Å². The van der Waals surface area contributed by atoms with Crippen molar-refractivity contribution in [3.05, 3.63) is 10.2 Å². The molecule has 0 amide bonds. The largest absolute Gasteiger partial charge is 0.390 e. The number of halogens is 1. The molecule has 3 N–H and O–H groups in total. The number of aromatic nitrogens is 4. The third-order valence-corrected chi connectivity index (χ3v) is 3.57. The maximum absolute atomic E-state index is 9.73. The number of aliphatic hydroxyl groups excluding tert-OH is 1. The van der Waals surface area contributed by atoms with Crippen LogP contribution in [0.15, 0.2) is 6.33 Å². The van der Waals surface area contributed by atoms with E-state index in [1.165, 1.54) is 0 Å². The summed E-state index contributed by atoms with van der Waals surface area (Å²) in [5.41, 5.74) is 7.00. The molecule has 0 aliphatic carbocycles. The number of aliphatic hydroxyl groups is 1. The Kier molecular flexibility index (Phi) is 2.87. The lowest BCUT2D eigenvalue weighted by Gasteiger charge is -2.12. The molecule has 0 radical (unpaired) electrons. The number of hydrogen-bond donors (Lipinski definition) is 2. The summed E-state index contributed by atoms with van der Waals surface area (Å²) in [6.07, 6.45) is 1.23. The maximum atomic E-state index is 9.73. The number of nitrogens with zero attached hydrogens (tertiary/aromatic N) is 4. The van der Waals surface area contributed by atoms with Gasteiger partial charge in [0.1, 0.15) is 11.7 Å². The highest BCUT2D eigenvalue weighted by Gasteiger charge is 2.32. The number of imidazole rings is 1. The van der Waals surface area contributed by atoms with E-state index < -0.39 is 6.10 Å². The molecule has 0 bridgehead atoms. The lowest BCUT2D eigenvalue weighted by Crippen LogP contribution is -2.15. The molecule has 1 aliphatic rings. The molecule has 2 aromatic heterocycles. The topological polar surface area (TPSA) is 99.1 Å². The quantitative estimate of drug-likeness (QED) is 0.573. The van der Waals surface area contributed by atoms with E-state index in [0.717, 1.165) is 0 Å². The lowest BCUT2D eigenvalue weighted by atomic mass is 10.2. The molecule has 1 saturated heterocycles. The van der Waals surface area contributed by atoms with E-state index in [-0.39, 0.29) is 12.3 Å². The Morgan fingerprint density at radius 3 is 3.00 bits per heavy atom. The van der Waals surface area contributed by atoms with Crippen molar-refractivity contribution in [2.24, 2.45) is 0 Å². The number of nitrogens with two attached hydrogens (primary N) is 1. The molecular formula is C10H12IN5O2. The Morgan fingerprint density at radius 2 is 2.33 bits per heavy atom. The zero-order valence-corrected chi connectivity index (χ0v) is 11.8. The van der Waals surface area contributed by atoms with E-state index in [2.05, 4.69) is 15.0 Å². The van der Waals surface area contributed by atoms with Gasteiger partial charge >= 0.3 is 0 Å². The molecule has 3 heterocycles. The summed E-state index contributed by atoms with van der Waals surface area (Å²) in [7, 11) is 0. The number of ether oxygens (including phenoxy) is 1. The molecule has 1 fully saturated rings. The minimum absolute atomic E-state index is 0.189. The van der Waals surface area contributed by atoms with Gasteiger partial charge < -0.3 is 15.6 Å². The van der Waals surface area contributed by atoms with Gasteiger partial charge in [0.2, 0.25) is 0 Å². The van der Waals surface area contributed by atoms with Crippen LogP contribution in [-0.4, -0.2) is 36.8 Å². The molecule has 18 heavy (non-hydrogen) atoms. The van der Waals surface area contributed by atoms with Crippen molar-refractivity contribution in [1.82, 2.24) is 19.5 Å². The van der Waals surface area contributed by atoms with Gasteiger partial charge in [0.15, 0.2) is 15.3 Å². The predicted molar refractivity (Wildman–Crippen MR) is 72.7 cm³/mol. The van der Waals surface area contributed by atoms with Crippen LogP contribution in [0.2, 0.25) is 0 Å². The molecule has 1 aliphatic heterocycles. The zero-order valence-electron chi connectivity index (χ0n) is 9.62. The number of fused-ring (bicyclic) bond motifs is 1. The second-order valence-electron chi connectivity index (χ2n) is 4.30. The summed E-state index contributed by atoms with van der Waals surface area (Å²) in [4.78, 5) is 12.6. The van der Waals surface area contributed by atoms with Gasteiger partial charge in [-0.1, -0.05) is 0 Å². The maximum Gasteiger partial charge on any atom is 0.194 e. The molecule has 0 aromatic carbocycles. The summed E-state index contributed by atoms with van der Waals surface area (Å²) in [6, 6.07) is 0. The fourth-order valence-corrected chi connectivity index (χ4v) is 2.58. The van der Waals surface area contributed by atoms with Crippen LogP contribution < -0.4 is 5.73 Å². The highest BCUT2D eigenvalue weighted by molar-refractivity contribution is 14.1. The Balaban J connectivity index is 2.08. The Labute approximate surface area is 117 Å². The summed E-state index contributed by atoms with van der Waals surface area (Å²) >= 11 is 2.01. The molecule has 1 unspecified atom stereocenters. The van der Waals surface area contributed by atoms with Gasteiger partial charge in [0.25, 0.3) is 0 Å². The normalized spacial score (nSPS) is 28.1. The fourth-order valence-electron chi connectivity index (χ4n) is 2.09. The van der Waals surface area contributed by atoms with Crippen LogP contribution in [0.25, 0.3) is 11.2 Å². The minimum atomic E-state index is -0.467. The number of nitrogen functional groups attached to an aromatic ring is 1. The summed E-state index contributed by atoms with van der Waals surface area (Å²) in [5, 5.41) is 9.73. The van der Waals surface area contributed by atoms with E-state index >= 15 is 0 Å². The average molecular weight is 361 g/mol. The number of rotatable bonds is 1. The van der Waals surface area contributed by atoms with Crippen LogP contribution in [0.4, 0.5) is 5.82 Å². The van der Waals surface area contributed by atoms with Gasteiger partial charge in [-0.05, 0) is 6.92 Å². The molecule has 96 valence electrons. The zero-order chi connectivity index (χ0) is 12.9. The number of anilines is 1. The number of hydrogen-bond acceptors (Lipinski definition) is 6. The van der Waals surface area contributed by atoms with Gasteiger partial charge in [-0.25, -0.2) is 15.0 Å². The Hall–Kier alpha value is -1.000. The SMILES string of the molecule is C[C@H]1O[C@@H](n2cnc3c(N)nc(I)nc32)CC1O. The first-order valence-corrected chi connectivity index (χ1v) is 6.63. The Bertz CT molecular complexity index is 591. The highest BCUT2D eigenvalue weighted by atomic mass is 127. The highest BCUT2D eigenvalue weighted by Crippen LogP contribution is 2.31. The van der Waals surface area contributed by atoms with Gasteiger partial charge in [0, 0.05) is 29.0 Å². The molecule has 0 saturated carbocycles. The van der Waals surface area contributed by atoms with Crippen LogP contribution >= 0.6 is 22.6 Å². The second-order valence-corrected chi connectivity index (χ2v) is 5.27. The first kappa shape index (κ1) is 12.1. The first-order chi connectivity index (χ1) is 8.56. The summed E-state index contributed by atoms with van der Waals surface area (Å²) in [5.74, 6) is 0.356. The van der Waals surface area contributed by atoms with Crippen molar-refractivity contribution < 1.29 is 9.84 Å². The predicted octanol–water partition coefficient (Wildman–Crippen LogP) is 0.681. The molecule has 7 nitrogen and oxygen atoms in total. The van der Waals surface area contributed by atoms with Crippen LogP contribution in [-0.2, 0) is 4.74 Å². The summed E-state index contributed by atoms with van der Waals surface area (Å²) in [6.45, 7) is 1.84. The minimum Gasteiger partial charge on any atom is -0.390 e. The molecule has 3 rings (SSSR count). The standard InChI is InChI=1S/C10H12IN5O2/c1-4-5(17)2-6(18-4)16-3-13-7-8(12)14-10(11)15-9(7)16/h3-6,17H,2H2,1H3,(H2,12,14,15)/t4-,5?,6-/m1/s1. The fraction of sp³-hybridized carbons (Fsp3) is 0.500. The van der Waals surface area contributed by atoms with Crippen molar-refractivity contribution in [2.45, 2.75) is 31.8 Å². The average Bonchev–Trinajstić information content (AvgIpc) is 2.83. The lowest BCUT2D eigenvalue weighted by molar-refractivity contribution is -0.00633. The van der Waals surface area contributed by atoms with E-state index in [0.29, 0.717) is 27.2 Å². The molecule has 8 heteroatoms. The molecule has 2 aromatic rings. The molecule has 3 atom stereocenters. The third-order valence-electron chi connectivity index (χ3n) is 3.09. The summed E-state index contributed by atoms with van der Waals surface area (Å²) < 4.78 is 8.03. The van der Waals surface area contributed by atoms with Gasteiger partial charge in [-0.2, -0.15) is 0 Å². The van der Waals surface area contributed by atoms with Gasteiger partial charge in [0.05, 0.1) is 18.5 Å². The smallest absolute Gasteiger partial charge is 0.194 e. The second kappa shape index (κ2) is 4.28. The van der Waals surface area contributed by atoms with Crippen LogP contribution in [0.5, 0.6) is 0 Å². The molecular weight excluding hydrogens is 349 g/mol. The van der Waals surface area contributed by atoms with Crippen molar-refractivity contribution in [2.75, 3.05) is 5.73 Å². The van der Waals surface area contributed by atoms with Crippen molar-refractivity contribution in [3.63, 3.8) is 0 Å². The van der Waals surface area contributed by atoms with E-state index in [1.807, 2.05) is 29.5 Å². The van der Waals surface area contributed by atoms with E-state index in [9.17, 15) is 5.11 Å². The van der Waals surface area contributed by atoms with E-state index in [4.69, 9.17) is 10.5 Å². The third kappa shape index (κ3) is 1.84. The first-order valence-electron chi connectivity index (χ1n) is 5.55. The van der Waals surface area contributed by atoms with Crippen molar-refractivity contribution in [1.29, 1.82) is 0 Å². The van der Waals surface area contributed by atoms with Crippen molar-refractivity contribution >= 4 is 39.6 Å². The van der Waals surface area contributed by atoms with Crippen LogP contribution in [0, 0.1) is 3.83 Å². The Morgan fingerprint density at radius 1 is 1.56 bits per heavy atom. The monoisotopic (exact) mass is 361 g/mol. The van der Waals surface area contributed by atoms with Gasteiger partial charge in [-0.15, -0.1) is 0 Å².